The normalized spacial score (nSPS) is 22.6. The minimum absolute atomic E-state index is 0.131. The molecule has 2 nitrogen and oxygen atoms in total. The van der Waals surface area contributed by atoms with Gasteiger partial charge in [0.1, 0.15) is 0 Å². The van der Waals surface area contributed by atoms with Crippen LogP contribution in [0.4, 0.5) is 0 Å². The predicted molar refractivity (Wildman–Crippen MR) is 66.3 cm³/mol. The first-order valence-corrected chi connectivity index (χ1v) is 7.14. The van der Waals surface area contributed by atoms with Crippen molar-refractivity contribution in [1.82, 2.24) is 0 Å². The van der Waals surface area contributed by atoms with Crippen molar-refractivity contribution < 1.29 is 9.84 Å². The van der Waals surface area contributed by atoms with Crippen LogP contribution in [-0.2, 0) is 4.74 Å². The molecule has 0 radical (unpaired) electrons. The molecule has 3 heteroatoms. The van der Waals surface area contributed by atoms with Crippen LogP contribution in [-0.4, -0.2) is 36.4 Å². The van der Waals surface area contributed by atoms with E-state index in [1.165, 1.54) is 24.3 Å². The lowest BCUT2D eigenvalue weighted by molar-refractivity contribution is 0.0671. The molecular weight excluding hydrogens is 208 g/mol. The Hall–Kier alpha value is 0.270. The third kappa shape index (κ3) is 5.23. The third-order valence-corrected chi connectivity index (χ3v) is 4.40. The number of hydrogen-bond donors (Lipinski definition) is 1. The van der Waals surface area contributed by atoms with Gasteiger partial charge in [-0.15, -0.1) is 0 Å². The fourth-order valence-corrected chi connectivity index (χ4v) is 3.26. The van der Waals surface area contributed by atoms with Crippen molar-refractivity contribution in [3.63, 3.8) is 0 Å². The quantitative estimate of drug-likeness (QED) is 0.763. The topological polar surface area (TPSA) is 29.5 Å². The number of thioether (sulfide) groups is 1. The molecule has 1 fully saturated rings. The van der Waals surface area contributed by atoms with E-state index in [9.17, 15) is 5.11 Å². The van der Waals surface area contributed by atoms with Gasteiger partial charge >= 0.3 is 0 Å². The maximum Gasteiger partial charge on any atom is 0.0569 e. The van der Waals surface area contributed by atoms with E-state index < -0.39 is 0 Å². The Morgan fingerprint density at radius 2 is 2.07 bits per heavy atom. The van der Waals surface area contributed by atoms with E-state index in [4.69, 9.17) is 4.74 Å². The molecule has 2 atom stereocenters. The Bertz CT molecular complexity index is 158. The lowest BCUT2D eigenvalue weighted by Crippen LogP contribution is -2.24. The van der Waals surface area contributed by atoms with Gasteiger partial charge in [-0.2, -0.15) is 11.8 Å². The van der Waals surface area contributed by atoms with Crippen LogP contribution in [0.2, 0.25) is 0 Å². The number of rotatable bonds is 6. The first-order chi connectivity index (χ1) is 7.24. The summed E-state index contributed by atoms with van der Waals surface area (Å²) in [6.07, 6.45) is 4.41. The summed E-state index contributed by atoms with van der Waals surface area (Å²) in [7, 11) is 1.72. The zero-order chi connectivity index (χ0) is 11.1. The van der Waals surface area contributed by atoms with Crippen LogP contribution >= 0.6 is 11.8 Å². The summed E-state index contributed by atoms with van der Waals surface area (Å²) in [5.74, 6) is 3.69. The minimum Gasteiger partial charge on any atom is -0.393 e. The fraction of sp³-hybridized carbons (Fsp3) is 1.00. The van der Waals surface area contributed by atoms with E-state index in [1.807, 2.05) is 11.8 Å². The number of aliphatic hydroxyl groups is 1. The molecule has 15 heavy (non-hydrogen) atoms. The third-order valence-electron chi connectivity index (χ3n) is 3.35. The number of methoxy groups -OCH3 is 1. The summed E-state index contributed by atoms with van der Waals surface area (Å²) in [5.41, 5.74) is 0. The number of aliphatic hydroxyl groups excluding tert-OH is 1. The first-order valence-electron chi connectivity index (χ1n) is 5.98. The average Bonchev–Trinajstić information content (AvgIpc) is 2.27. The van der Waals surface area contributed by atoms with Crippen LogP contribution in [0.3, 0.4) is 0 Å². The molecule has 0 aromatic rings. The molecule has 1 N–H and O–H groups in total. The van der Waals surface area contributed by atoms with Gasteiger partial charge in [-0.1, -0.05) is 6.92 Å². The molecular formula is C12H24O2S. The summed E-state index contributed by atoms with van der Waals surface area (Å²) in [5, 5.41) is 10.0. The van der Waals surface area contributed by atoms with E-state index in [0.29, 0.717) is 5.92 Å². The SMILES string of the molecule is COCCC(C)C(O)CC1CCSCC1. The molecule has 1 heterocycles. The predicted octanol–water partition coefficient (Wildman–Crippen LogP) is 2.55. The molecule has 1 rings (SSSR count). The standard InChI is InChI=1S/C12H24O2S/c1-10(3-6-14-2)12(13)9-11-4-7-15-8-5-11/h10-13H,3-9H2,1-2H3. The van der Waals surface area contributed by atoms with Gasteiger partial charge < -0.3 is 9.84 Å². The van der Waals surface area contributed by atoms with Gasteiger partial charge in [0.2, 0.25) is 0 Å². The van der Waals surface area contributed by atoms with E-state index >= 15 is 0 Å². The molecule has 0 aromatic heterocycles. The van der Waals surface area contributed by atoms with Crippen molar-refractivity contribution in [2.45, 2.75) is 38.7 Å². The Labute approximate surface area is 97.8 Å². The fourth-order valence-electron chi connectivity index (χ4n) is 2.05. The number of ether oxygens (including phenoxy) is 1. The largest absolute Gasteiger partial charge is 0.393 e. The highest BCUT2D eigenvalue weighted by molar-refractivity contribution is 7.99. The lowest BCUT2D eigenvalue weighted by atomic mass is 9.89. The van der Waals surface area contributed by atoms with Crippen molar-refractivity contribution in [1.29, 1.82) is 0 Å². The van der Waals surface area contributed by atoms with Crippen LogP contribution in [0, 0.1) is 11.8 Å². The Balaban J connectivity index is 2.17. The highest BCUT2D eigenvalue weighted by atomic mass is 32.2. The zero-order valence-electron chi connectivity index (χ0n) is 9.95. The molecule has 0 amide bonds. The van der Waals surface area contributed by atoms with Crippen LogP contribution in [0.25, 0.3) is 0 Å². The molecule has 90 valence electrons. The Morgan fingerprint density at radius 1 is 1.40 bits per heavy atom. The molecule has 0 aliphatic carbocycles. The maximum absolute atomic E-state index is 10.0. The summed E-state index contributed by atoms with van der Waals surface area (Å²) < 4.78 is 5.04. The van der Waals surface area contributed by atoms with Gasteiger partial charge in [-0.25, -0.2) is 0 Å². The van der Waals surface area contributed by atoms with Crippen molar-refractivity contribution >= 4 is 11.8 Å². The summed E-state index contributed by atoms with van der Waals surface area (Å²) >= 11 is 2.05. The lowest BCUT2D eigenvalue weighted by Gasteiger charge is -2.26. The monoisotopic (exact) mass is 232 g/mol. The second-order valence-electron chi connectivity index (χ2n) is 4.62. The first kappa shape index (κ1) is 13.3. The zero-order valence-corrected chi connectivity index (χ0v) is 10.8. The van der Waals surface area contributed by atoms with Crippen LogP contribution in [0.15, 0.2) is 0 Å². The van der Waals surface area contributed by atoms with Crippen molar-refractivity contribution in [2.24, 2.45) is 11.8 Å². The highest BCUT2D eigenvalue weighted by Gasteiger charge is 2.21. The van der Waals surface area contributed by atoms with E-state index in [-0.39, 0.29) is 6.10 Å². The summed E-state index contributed by atoms with van der Waals surface area (Å²) in [6.45, 7) is 2.89. The van der Waals surface area contributed by atoms with Gasteiger partial charge in [0.25, 0.3) is 0 Å². The van der Waals surface area contributed by atoms with Crippen LogP contribution in [0.1, 0.15) is 32.6 Å². The second kappa shape index (κ2) is 7.53. The average molecular weight is 232 g/mol. The van der Waals surface area contributed by atoms with Crippen LogP contribution < -0.4 is 0 Å². The molecule has 0 bridgehead atoms. The molecule has 0 spiro atoms. The molecule has 1 aliphatic heterocycles. The second-order valence-corrected chi connectivity index (χ2v) is 5.84. The minimum atomic E-state index is -0.131. The Morgan fingerprint density at radius 3 is 2.67 bits per heavy atom. The molecule has 1 aliphatic rings. The van der Waals surface area contributed by atoms with Crippen molar-refractivity contribution in [3.8, 4) is 0 Å². The smallest absolute Gasteiger partial charge is 0.0569 e. The molecule has 2 unspecified atom stereocenters. The molecule has 1 saturated heterocycles. The van der Waals surface area contributed by atoms with Gasteiger partial charge in [-0.3, -0.25) is 0 Å². The molecule has 0 aromatic carbocycles. The highest BCUT2D eigenvalue weighted by Crippen LogP contribution is 2.28. The van der Waals surface area contributed by atoms with Crippen molar-refractivity contribution in [3.05, 3.63) is 0 Å². The van der Waals surface area contributed by atoms with Gasteiger partial charge in [0.05, 0.1) is 6.10 Å². The van der Waals surface area contributed by atoms with E-state index in [1.54, 1.807) is 7.11 Å². The van der Waals surface area contributed by atoms with E-state index in [2.05, 4.69) is 6.92 Å². The molecule has 0 saturated carbocycles. The van der Waals surface area contributed by atoms with Crippen LogP contribution in [0.5, 0.6) is 0 Å². The number of hydrogen-bond acceptors (Lipinski definition) is 3. The summed E-state index contributed by atoms with van der Waals surface area (Å²) in [6, 6.07) is 0. The maximum atomic E-state index is 10.0. The van der Waals surface area contributed by atoms with Gasteiger partial charge in [0.15, 0.2) is 0 Å². The van der Waals surface area contributed by atoms with Gasteiger partial charge in [-0.05, 0) is 49.0 Å². The Kier molecular flexibility index (Phi) is 6.69. The van der Waals surface area contributed by atoms with Gasteiger partial charge in [0, 0.05) is 13.7 Å². The van der Waals surface area contributed by atoms with Crippen molar-refractivity contribution in [2.75, 3.05) is 25.2 Å². The van der Waals surface area contributed by atoms with E-state index in [0.717, 1.165) is 25.4 Å². The summed E-state index contributed by atoms with van der Waals surface area (Å²) in [4.78, 5) is 0.